The summed E-state index contributed by atoms with van der Waals surface area (Å²) in [5.41, 5.74) is 9.29. The Hall–Kier alpha value is -5.02. The Morgan fingerprint density at radius 1 is 0.303 bits per heavy atom. The number of benzene rings is 8. The lowest BCUT2D eigenvalue weighted by molar-refractivity contribution is 0.224. The molecule has 6 fully saturated rings. The van der Waals surface area contributed by atoms with Gasteiger partial charge in [-0.25, -0.2) is 26.3 Å². The second kappa shape index (κ2) is 31.9. The van der Waals surface area contributed by atoms with E-state index in [0.29, 0.717) is 90.3 Å². The molecule has 0 radical (unpaired) electrons. The molecule has 8 aromatic carbocycles. The van der Waals surface area contributed by atoms with E-state index in [1.807, 2.05) is 72.8 Å². The number of hydrogen-bond acceptors (Lipinski definition) is 4. The van der Waals surface area contributed by atoms with E-state index in [0.717, 1.165) is 127 Å². The van der Waals surface area contributed by atoms with Crippen molar-refractivity contribution in [3.05, 3.63) is 306 Å². The van der Waals surface area contributed by atoms with E-state index in [2.05, 4.69) is 51.1 Å². The molecule has 3 saturated carbocycles. The van der Waals surface area contributed by atoms with E-state index in [4.69, 9.17) is 109 Å². The van der Waals surface area contributed by atoms with Crippen molar-refractivity contribution in [2.24, 2.45) is 35.5 Å². The Kier molecular flexibility index (Phi) is 23.3. The fourth-order valence-electron chi connectivity index (χ4n) is 17.6. The Morgan fingerprint density at radius 3 is 0.929 bits per heavy atom. The Morgan fingerprint density at radius 2 is 0.616 bits per heavy atom. The van der Waals surface area contributed by atoms with Gasteiger partial charge in [0.15, 0.2) is 34.9 Å². The quantitative estimate of drug-likeness (QED) is 0.114. The first-order valence-electron chi connectivity index (χ1n) is 33.6. The first-order valence-corrected chi connectivity index (χ1v) is 37.0. The van der Waals surface area contributed by atoms with E-state index < -0.39 is 34.9 Å². The third kappa shape index (κ3) is 16.8. The zero-order chi connectivity index (χ0) is 69.3. The number of halogens is 15. The van der Waals surface area contributed by atoms with Gasteiger partial charge < -0.3 is 0 Å². The number of likely N-dealkylation sites (tertiary alicyclic amines) is 3. The molecule has 3 saturated heterocycles. The lowest BCUT2D eigenvalue weighted by Gasteiger charge is -2.41. The highest BCUT2D eigenvalue weighted by atomic mass is 35.5. The molecule has 3 aliphatic carbocycles. The first-order chi connectivity index (χ1) is 47.7. The molecular formula is C80H71Cl9F6N4. The fraction of sp³-hybridized carbons (Fsp3) is 0.338. The van der Waals surface area contributed by atoms with Crippen LogP contribution in [0.4, 0.5) is 26.3 Å². The predicted molar refractivity (Wildman–Crippen MR) is 392 cm³/mol. The average Bonchev–Trinajstić information content (AvgIpc) is 1.71. The van der Waals surface area contributed by atoms with Crippen molar-refractivity contribution in [1.82, 2.24) is 19.7 Å². The summed E-state index contributed by atoms with van der Waals surface area (Å²) in [7, 11) is 0. The smallest absolute Gasteiger partial charge is 0.159 e. The predicted octanol–water partition coefficient (Wildman–Crippen LogP) is 24.4. The van der Waals surface area contributed by atoms with Gasteiger partial charge in [0.1, 0.15) is 0 Å². The summed E-state index contributed by atoms with van der Waals surface area (Å²) in [6, 6.07) is 50.1. The van der Waals surface area contributed by atoms with Gasteiger partial charge in [0.25, 0.3) is 0 Å². The van der Waals surface area contributed by atoms with Crippen LogP contribution in [0.3, 0.4) is 0 Å². The highest BCUT2D eigenvalue weighted by Crippen LogP contribution is 2.57. The second-order valence-electron chi connectivity index (χ2n) is 27.7. The summed E-state index contributed by atoms with van der Waals surface area (Å²) in [4.78, 5) is 11.8. The third-order valence-corrected chi connectivity index (χ3v) is 24.2. The molecule has 9 aromatic rings. The molecule has 1 aromatic heterocycles. The van der Waals surface area contributed by atoms with Gasteiger partial charge in [0.05, 0.1) is 5.02 Å². The highest BCUT2D eigenvalue weighted by molar-refractivity contribution is 6.36. The molecule has 15 rings (SSSR count). The first kappa shape index (κ1) is 72.3. The number of pyridine rings is 1. The van der Waals surface area contributed by atoms with Crippen LogP contribution in [0.1, 0.15) is 124 Å². The molecule has 99 heavy (non-hydrogen) atoms. The lowest BCUT2D eigenvalue weighted by Crippen LogP contribution is -2.32. The summed E-state index contributed by atoms with van der Waals surface area (Å²) >= 11 is 57.0. The van der Waals surface area contributed by atoms with Crippen molar-refractivity contribution in [1.29, 1.82) is 0 Å². The Labute approximate surface area is 620 Å². The summed E-state index contributed by atoms with van der Waals surface area (Å²) in [6.07, 6.45) is 8.06. The van der Waals surface area contributed by atoms with Crippen molar-refractivity contribution in [2.45, 2.75) is 93.7 Å². The maximum Gasteiger partial charge on any atom is 0.159 e. The minimum atomic E-state index is -0.814. The highest BCUT2D eigenvalue weighted by Gasteiger charge is 2.49. The van der Waals surface area contributed by atoms with Gasteiger partial charge in [0.2, 0.25) is 0 Å². The molecule has 19 heteroatoms. The fourth-order valence-corrected chi connectivity index (χ4v) is 19.6. The minimum absolute atomic E-state index is 0.176. The van der Waals surface area contributed by atoms with Crippen LogP contribution in [0.5, 0.6) is 0 Å². The van der Waals surface area contributed by atoms with Gasteiger partial charge in [-0.15, -0.1) is 0 Å². The van der Waals surface area contributed by atoms with Crippen LogP contribution in [-0.4, -0.2) is 59.0 Å². The number of hydrogen-bond donors (Lipinski definition) is 0. The number of aromatic nitrogens is 1. The van der Waals surface area contributed by atoms with Crippen LogP contribution in [0.2, 0.25) is 45.2 Å². The molecule has 0 spiro atoms. The summed E-state index contributed by atoms with van der Waals surface area (Å²) in [5.74, 6) is -0.474. The second-order valence-corrected chi connectivity index (χ2v) is 31.6. The van der Waals surface area contributed by atoms with Gasteiger partial charge in [-0.05, 0) is 257 Å². The van der Waals surface area contributed by atoms with Crippen LogP contribution < -0.4 is 0 Å². The van der Waals surface area contributed by atoms with Crippen molar-refractivity contribution < 1.29 is 26.3 Å². The van der Waals surface area contributed by atoms with Crippen molar-refractivity contribution in [3.63, 3.8) is 0 Å². The molecule has 0 unspecified atom stereocenters. The Bertz CT molecular complexity index is 3890. The van der Waals surface area contributed by atoms with Gasteiger partial charge >= 0.3 is 0 Å². The standard InChI is InChI=1S/2C27H24Cl3F2N.C26H23Cl3F2N2/c2*28-19-5-2-17(3-6-19)27-22(21-9-7-20(29)12-24(21)30)8-4-18-14-33(15-23(18)27)13-16-1-10-25(31)26(32)11-16;27-17-3-6-19(22(29)10-17)20-5-2-16-13-33(12-15-1-7-23(30)24(31)9-15)14-21(16)26(20)25-8-4-18(28)11-32-25/h2*1-3,5-7,9-12,18,22-23,27H,4,8,13-15H2;1,3-4,6-11,16,20-21,26H,2,5,12-14H2/t18-,22-,23+,27+;18-,22-,23+,27-;16-,20-,21+,26-/m000/s1. The van der Waals surface area contributed by atoms with Gasteiger partial charge in [-0.3, -0.25) is 19.7 Å². The molecular weight excluding hydrogens is 1450 g/mol. The summed E-state index contributed by atoms with van der Waals surface area (Å²) in [5, 5.41) is 6.05. The zero-order valence-corrected chi connectivity index (χ0v) is 60.5. The monoisotopic (exact) mass is 1520 g/mol. The third-order valence-electron chi connectivity index (χ3n) is 21.8. The van der Waals surface area contributed by atoms with E-state index in [9.17, 15) is 26.3 Å². The molecule has 0 bridgehead atoms. The summed E-state index contributed by atoms with van der Waals surface area (Å²) in [6.45, 7) is 7.32. The van der Waals surface area contributed by atoms with Crippen LogP contribution in [0, 0.1) is 70.4 Å². The van der Waals surface area contributed by atoms with Crippen LogP contribution in [-0.2, 0) is 19.6 Å². The maximum atomic E-state index is 13.7. The zero-order valence-electron chi connectivity index (χ0n) is 53.7. The molecule has 0 N–H and O–H groups in total. The van der Waals surface area contributed by atoms with Crippen LogP contribution in [0.15, 0.2) is 176 Å². The van der Waals surface area contributed by atoms with E-state index in [-0.39, 0.29) is 35.5 Å². The average molecular weight is 1520 g/mol. The van der Waals surface area contributed by atoms with E-state index in [1.54, 1.807) is 30.5 Å². The van der Waals surface area contributed by atoms with E-state index >= 15 is 0 Å². The maximum absolute atomic E-state index is 13.7. The molecule has 3 aliphatic heterocycles. The van der Waals surface area contributed by atoms with Crippen molar-refractivity contribution in [3.8, 4) is 0 Å². The molecule has 516 valence electrons. The minimum Gasteiger partial charge on any atom is -0.298 e. The van der Waals surface area contributed by atoms with Gasteiger partial charge in [-0.2, -0.15) is 0 Å². The molecule has 4 heterocycles. The molecule has 6 aliphatic rings. The summed E-state index contributed by atoms with van der Waals surface area (Å²) < 4.78 is 81.3. The van der Waals surface area contributed by atoms with Gasteiger partial charge in [0, 0.05) is 117 Å². The van der Waals surface area contributed by atoms with E-state index in [1.165, 1.54) is 47.5 Å². The lowest BCUT2D eigenvalue weighted by atomic mass is 9.63. The van der Waals surface area contributed by atoms with Crippen molar-refractivity contribution in [2.75, 3.05) is 39.3 Å². The topological polar surface area (TPSA) is 22.6 Å². The number of rotatable bonds is 12. The van der Waals surface area contributed by atoms with Crippen LogP contribution in [0.25, 0.3) is 0 Å². The van der Waals surface area contributed by atoms with Crippen LogP contribution >= 0.6 is 104 Å². The molecule has 12 atom stereocenters. The largest absolute Gasteiger partial charge is 0.298 e. The molecule has 4 nitrogen and oxygen atoms in total. The van der Waals surface area contributed by atoms with Crippen molar-refractivity contribution >= 4 is 104 Å². The Balaban J connectivity index is 0.000000133. The SMILES string of the molecule is Fc1ccc(CN2C[C@@H]3CC[C@@H](c4ccc(Cl)cc4Cl)[C@@H](c4ccc(Cl)cc4)[C@@H]3C2)cc1F.Fc1ccc(CN2C[C@@H]3CC[C@@H](c4ccc(Cl)cc4Cl)[C@H](c4ccc(Cl)cc4)[C@@H]3C2)cc1F.Fc1ccc(CN2C[C@@H]3CC[C@@H](c4ccc(Cl)cc4Cl)[C@H](c4ccc(Cl)cn4)[C@@H]3C2)cc1F. The van der Waals surface area contributed by atoms with Gasteiger partial charge in [-0.1, -0.05) is 165 Å². The number of fused-ring (bicyclic) bond motifs is 3. The molecule has 0 amide bonds. The normalized spacial score (nSPS) is 25.2. The number of nitrogens with zero attached hydrogens (tertiary/aromatic N) is 4.